The molecule has 0 radical (unpaired) electrons. The summed E-state index contributed by atoms with van der Waals surface area (Å²) in [4.78, 5) is 5.28. The Morgan fingerprint density at radius 3 is 2.19 bits per heavy atom. The minimum Gasteiger partial charge on any atom is -0.329 e. The van der Waals surface area contributed by atoms with Crippen LogP contribution in [0.25, 0.3) is 0 Å². The van der Waals surface area contributed by atoms with Gasteiger partial charge in [-0.05, 0) is 64.8 Å². The Labute approximate surface area is 100.0 Å². The van der Waals surface area contributed by atoms with Crippen molar-refractivity contribution < 1.29 is 0 Å². The Morgan fingerprint density at radius 2 is 1.69 bits per heavy atom. The molecule has 2 N–H and O–H groups in total. The quantitative estimate of drug-likeness (QED) is 0.782. The van der Waals surface area contributed by atoms with E-state index in [1.54, 1.807) is 0 Å². The van der Waals surface area contributed by atoms with Gasteiger partial charge in [-0.1, -0.05) is 6.92 Å². The van der Waals surface area contributed by atoms with Crippen LogP contribution in [0.3, 0.4) is 0 Å². The zero-order valence-corrected chi connectivity index (χ0v) is 10.7. The van der Waals surface area contributed by atoms with E-state index in [1.807, 2.05) is 0 Å². The first kappa shape index (κ1) is 12.3. The molecule has 2 aliphatic heterocycles. The second kappa shape index (κ2) is 5.48. The number of hydrogen-bond acceptors (Lipinski definition) is 3. The molecule has 0 unspecified atom stereocenters. The highest BCUT2D eigenvalue weighted by atomic mass is 15.3. The van der Waals surface area contributed by atoms with Gasteiger partial charge in [-0.15, -0.1) is 0 Å². The molecule has 2 saturated heterocycles. The first-order valence-electron chi connectivity index (χ1n) is 6.98. The topological polar surface area (TPSA) is 32.5 Å². The minimum atomic E-state index is 0.348. The van der Waals surface area contributed by atoms with Crippen LogP contribution in [0.5, 0.6) is 0 Å². The minimum absolute atomic E-state index is 0.348. The average molecular weight is 225 g/mol. The SMILES string of the molecule is CCCN1CCC(CN)(N2CCCC2)CC1. The summed E-state index contributed by atoms with van der Waals surface area (Å²) in [6, 6.07) is 0. The molecule has 3 heteroatoms. The summed E-state index contributed by atoms with van der Waals surface area (Å²) >= 11 is 0. The largest absolute Gasteiger partial charge is 0.329 e. The molecular formula is C13H27N3. The fraction of sp³-hybridized carbons (Fsp3) is 1.00. The fourth-order valence-corrected chi connectivity index (χ4v) is 3.35. The highest BCUT2D eigenvalue weighted by Gasteiger charge is 2.39. The molecule has 0 aromatic heterocycles. The number of hydrogen-bond donors (Lipinski definition) is 1. The number of piperidine rings is 1. The Kier molecular flexibility index (Phi) is 4.22. The van der Waals surface area contributed by atoms with E-state index in [1.165, 1.54) is 64.8 Å². The van der Waals surface area contributed by atoms with Gasteiger partial charge in [0.2, 0.25) is 0 Å². The Bertz CT molecular complexity index is 203. The van der Waals surface area contributed by atoms with Crippen LogP contribution >= 0.6 is 0 Å². The molecule has 94 valence electrons. The molecular weight excluding hydrogens is 198 g/mol. The third-order valence-electron chi connectivity index (χ3n) is 4.48. The summed E-state index contributed by atoms with van der Waals surface area (Å²) in [6.07, 6.45) is 6.59. The smallest absolute Gasteiger partial charge is 0.0356 e. The van der Waals surface area contributed by atoms with Crippen molar-refractivity contribution in [3.63, 3.8) is 0 Å². The van der Waals surface area contributed by atoms with Gasteiger partial charge >= 0.3 is 0 Å². The van der Waals surface area contributed by atoms with Crippen LogP contribution in [0, 0.1) is 0 Å². The molecule has 0 amide bonds. The normalized spacial score (nSPS) is 27.4. The average Bonchev–Trinajstić information content (AvgIpc) is 2.85. The first-order valence-corrected chi connectivity index (χ1v) is 6.98. The van der Waals surface area contributed by atoms with Crippen molar-refractivity contribution in [3.05, 3.63) is 0 Å². The molecule has 0 aromatic carbocycles. The fourth-order valence-electron chi connectivity index (χ4n) is 3.35. The van der Waals surface area contributed by atoms with E-state index in [-0.39, 0.29) is 0 Å². The van der Waals surface area contributed by atoms with Crippen LogP contribution in [-0.4, -0.2) is 54.6 Å². The zero-order valence-electron chi connectivity index (χ0n) is 10.7. The maximum Gasteiger partial charge on any atom is 0.0356 e. The molecule has 2 fully saturated rings. The lowest BCUT2D eigenvalue weighted by molar-refractivity contribution is 0.0438. The van der Waals surface area contributed by atoms with Crippen molar-refractivity contribution in [3.8, 4) is 0 Å². The lowest BCUT2D eigenvalue weighted by Crippen LogP contribution is -2.58. The summed E-state index contributed by atoms with van der Waals surface area (Å²) in [5.41, 5.74) is 6.43. The summed E-state index contributed by atoms with van der Waals surface area (Å²) in [7, 11) is 0. The van der Waals surface area contributed by atoms with E-state index in [4.69, 9.17) is 5.73 Å². The highest BCUT2D eigenvalue weighted by Crippen LogP contribution is 2.31. The molecule has 0 atom stereocenters. The zero-order chi connectivity index (χ0) is 11.4. The van der Waals surface area contributed by atoms with Gasteiger partial charge in [0.25, 0.3) is 0 Å². The number of nitrogens with zero attached hydrogens (tertiary/aromatic N) is 2. The molecule has 16 heavy (non-hydrogen) atoms. The van der Waals surface area contributed by atoms with Crippen LogP contribution in [0.15, 0.2) is 0 Å². The van der Waals surface area contributed by atoms with Crippen molar-refractivity contribution in [2.75, 3.05) is 39.3 Å². The van der Waals surface area contributed by atoms with Crippen LogP contribution in [0.4, 0.5) is 0 Å². The third kappa shape index (κ3) is 2.41. The summed E-state index contributed by atoms with van der Waals surface area (Å²) in [5.74, 6) is 0. The van der Waals surface area contributed by atoms with Gasteiger partial charge in [-0.25, -0.2) is 0 Å². The maximum atomic E-state index is 6.08. The summed E-state index contributed by atoms with van der Waals surface area (Å²) in [6.45, 7) is 9.46. The predicted octanol–water partition coefficient (Wildman–Crippen LogP) is 1.29. The molecule has 0 bridgehead atoms. The number of rotatable bonds is 4. The number of likely N-dealkylation sites (tertiary alicyclic amines) is 2. The van der Waals surface area contributed by atoms with E-state index in [0.29, 0.717) is 5.54 Å². The molecule has 3 nitrogen and oxygen atoms in total. The summed E-state index contributed by atoms with van der Waals surface area (Å²) in [5, 5.41) is 0. The molecule has 0 spiro atoms. The van der Waals surface area contributed by atoms with Crippen molar-refractivity contribution in [2.45, 2.75) is 44.6 Å². The number of nitrogens with two attached hydrogens (primary N) is 1. The monoisotopic (exact) mass is 225 g/mol. The van der Waals surface area contributed by atoms with E-state index in [2.05, 4.69) is 16.7 Å². The Hall–Kier alpha value is -0.120. The van der Waals surface area contributed by atoms with Crippen molar-refractivity contribution in [1.29, 1.82) is 0 Å². The standard InChI is InChI=1S/C13H27N3/c1-2-7-15-10-5-13(12-14,6-11-15)16-8-3-4-9-16/h2-12,14H2,1H3. The molecule has 2 heterocycles. The first-order chi connectivity index (χ1) is 7.80. The third-order valence-corrected chi connectivity index (χ3v) is 4.48. The predicted molar refractivity (Wildman–Crippen MR) is 68.6 cm³/mol. The van der Waals surface area contributed by atoms with Gasteiger partial charge in [-0.2, -0.15) is 0 Å². The van der Waals surface area contributed by atoms with E-state index < -0.39 is 0 Å². The molecule has 0 aromatic rings. The van der Waals surface area contributed by atoms with E-state index in [9.17, 15) is 0 Å². The van der Waals surface area contributed by atoms with E-state index in [0.717, 1.165) is 6.54 Å². The molecule has 0 aliphatic carbocycles. The van der Waals surface area contributed by atoms with Crippen LogP contribution in [0.2, 0.25) is 0 Å². The van der Waals surface area contributed by atoms with Gasteiger partial charge < -0.3 is 10.6 Å². The van der Waals surface area contributed by atoms with Crippen LogP contribution in [0.1, 0.15) is 39.0 Å². The maximum absolute atomic E-state index is 6.08. The summed E-state index contributed by atoms with van der Waals surface area (Å²) < 4.78 is 0. The molecule has 2 rings (SSSR count). The van der Waals surface area contributed by atoms with Crippen molar-refractivity contribution in [1.82, 2.24) is 9.80 Å². The van der Waals surface area contributed by atoms with Crippen molar-refractivity contribution in [2.24, 2.45) is 5.73 Å². The second-order valence-electron chi connectivity index (χ2n) is 5.46. The van der Waals surface area contributed by atoms with Gasteiger partial charge in [0.1, 0.15) is 0 Å². The second-order valence-corrected chi connectivity index (χ2v) is 5.46. The Morgan fingerprint density at radius 1 is 1.06 bits per heavy atom. The van der Waals surface area contributed by atoms with E-state index >= 15 is 0 Å². The lowest BCUT2D eigenvalue weighted by atomic mass is 9.86. The Balaban J connectivity index is 1.91. The molecule has 0 saturated carbocycles. The van der Waals surface area contributed by atoms with Gasteiger partial charge in [0.05, 0.1) is 0 Å². The highest BCUT2D eigenvalue weighted by molar-refractivity contribution is 4.97. The van der Waals surface area contributed by atoms with Gasteiger partial charge in [0, 0.05) is 12.1 Å². The van der Waals surface area contributed by atoms with Crippen LogP contribution < -0.4 is 5.73 Å². The van der Waals surface area contributed by atoms with Crippen molar-refractivity contribution >= 4 is 0 Å². The van der Waals surface area contributed by atoms with Gasteiger partial charge in [-0.3, -0.25) is 4.90 Å². The lowest BCUT2D eigenvalue weighted by Gasteiger charge is -2.47. The van der Waals surface area contributed by atoms with Crippen LogP contribution in [-0.2, 0) is 0 Å². The molecule has 2 aliphatic rings. The van der Waals surface area contributed by atoms with Gasteiger partial charge in [0.15, 0.2) is 0 Å².